The molecule has 1 rings (SSSR count). The summed E-state index contributed by atoms with van der Waals surface area (Å²) in [5.74, 6) is -2.41. The number of aliphatic hydroxyl groups is 2. The fraction of sp³-hybridized carbons (Fsp3) is 0.941. The van der Waals surface area contributed by atoms with Gasteiger partial charge in [0.25, 0.3) is 0 Å². The summed E-state index contributed by atoms with van der Waals surface area (Å²) < 4.78 is 60.8. The van der Waals surface area contributed by atoms with Gasteiger partial charge in [0.1, 0.15) is 18.3 Å². The first-order chi connectivity index (χ1) is 25.7. The summed E-state index contributed by atoms with van der Waals surface area (Å²) in [7, 11) is -16.6. The van der Waals surface area contributed by atoms with Gasteiger partial charge < -0.3 is 49.0 Å². The van der Waals surface area contributed by atoms with Gasteiger partial charge in [-0.25, -0.2) is 13.7 Å². The number of hydrogen-bond donors (Lipinski definition) is 8. The zero-order valence-electron chi connectivity index (χ0n) is 32.3. The van der Waals surface area contributed by atoms with E-state index in [0.717, 1.165) is 77.0 Å². The van der Waals surface area contributed by atoms with Gasteiger partial charge in [-0.15, -0.1) is 0 Å². The molecule has 1 saturated carbocycles. The molecule has 326 valence electrons. The zero-order valence-corrected chi connectivity index (χ0v) is 35.0. The first-order valence-electron chi connectivity index (χ1n) is 19.7. The highest BCUT2D eigenvalue weighted by atomic mass is 31.2. The molecule has 0 amide bonds. The van der Waals surface area contributed by atoms with Crippen LogP contribution in [0.1, 0.15) is 162 Å². The number of ether oxygens (including phenoxy) is 2. The Morgan fingerprint density at radius 2 is 0.800 bits per heavy atom. The largest absolute Gasteiger partial charge is 0.470 e. The van der Waals surface area contributed by atoms with Crippen LogP contribution in [0.3, 0.4) is 0 Å². The Kier molecular flexibility index (Phi) is 26.4. The molecule has 21 heteroatoms. The number of phosphoric acid groups is 3. The van der Waals surface area contributed by atoms with Crippen LogP contribution in [-0.2, 0) is 46.3 Å². The summed E-state index contributed by atoms with van der Waals surface area (Å²) >= 11 is 0. The van der Waals surface area contributed by atoms with Gasteiger partial charge in [-0.3, -0.25) is 23.2 Å². The fourth-order valence-corrected chi connectivity index (χ4v) is 8.29. The minimum Gasteiger partial charge on any atom is -0.455 e. The van der Waals surface area contributed by atoms with Gasteiger partial charge in [0, 0.05) is 6.42 Å². The van der Waals surface area contributed by atoms with Crippen LogP contribution in [0.25, 0.3) is 0 Å². The topological polar surface area (TPSA) is 293 Å². The lowest BCUT2D eigenvalue weighted by molar-refractivity contribution is -0.210. The van der Waals surface area contributed by atoms with Gasteiger partial charge in [0.2, 0.25) is 0 Å². The first-order valence-corrected chi connectivity index (χ1v) is 24.3. The standard InChI is InChI=1S/C34H67O18P3/c1-3-5-7-9-11-13-15-17-19-21-26(35)23-30(37)48-32-28(50-53(39,40)41)25-29(51-54(42,43)44)33(52-55(45,46)47)34(32)49-31(38)24-27(36)22-20-18-16-14-12-10-8-6-4-2/h26-29,32-36H,3-25H2,1-2H3,(H2,39,40,41)(H2,42,43,44)(H2,45,46,47)/t26?,27?,28-,29+,32-,33-,34-/m0/s1. The average molecular weight is 857 g/mol. The van der Waals surface area contributed by atoms with Gasteiger partial charge in [-0.1, -0.05) is 129 Å². The molecule has 0 aromatic rings. The van der Waals surface area contributed by atoms with Gasteiger partial charge in [0.05, 0.1) is 25.0 Å². The molecular weight excluding hydrogens is 789 g/mol. The van der Waals surface area contributed by atoms with Crippen molar-refractivity contribution in [3.8, 4) is 0 Å². The SMILES string of the molecule is CCCCCCCCCCCC(O)CC(=O)O[C@H]1[C@@H](OC(=O)CC(O)CCCCCCCCCCC)[C@@H](OP(=O)(O)O)C[C@@H](OP(=O)(O)O)[C@@H]1OP(=O)(O)O. The van der Waals surface area contributed by atoms with E-state index in [-0.39, 0.29) is 12.8 Å². The van der Waals surface area contributed by atoms with E-state index in [4.69, 9.17) is 18.5 Å². The summed E-state index contributed by atoms with van der Waals surface area (Å²) in [4.78, 5) is 84.0. The molecule has 1 fully saturated rings. The Hall–Kier alpha value is -0.810. The molecule has 8 N–H and O–H groups in total. The maximum Gasteiger partial charge on any atom is 0.470 e. The fourth-order valence-electron chi connectivity index (χ4n) is 6.60. The van der Waals surface area contributed by atoms with E-state index in [1.807, 2.05) is 0 Å². The van der Waals surface area contributed by atoms with Crippen LogP contribution in [-0.4, -0.2) is 94.2 Å². The highest BCUT2D eigenvalue weighted by molar-refractivity contribution is 7.46. The highest BCUT2D eigenvalue weighted by Crippen LogP contribution is 2.50. The molecule has 2 unspecified atom stereocenters. The third kappa shape index (κ3) is 26.7. The molecule has 1 aliphatic rings. The maximum absolute atomic E-state index is 13.1. The lowest BCUT2D eigenvalue weighted by Gasteiger charge is -2.44. The second-order valence-electron chi connectivity index (χ2n) is 14.4. The van der Waals surface area contributed by atoms with Gasteiger partial charge in [-0.05, 0) is 12.8 Å². The minimum atomic E-state index is -5.60. The molecule has 0 aliphatic heterocycles. The quantitative estimate of drug-likeness (QED) is 0.0219. The van der Waals surface area contributed by atoms with Crippen LogP contribution in [0.5, 0.6) is 0 Å². The van der Waals surface area contributed by atoms with E-state index in [0.29, 0.717) is 12.8 Å². The van der Waals surface area contributed by atoms with Crippen molar-refractivity contribution in [2.45, 2.75) is 204 Å². The molecule has 0 heterocycles. The van der Waals surface area contributed by atoms with E-state index in [2.05, 4.69) is 18.4 Å². The van der Waals surface area contributed by atoms with Crippen molar-refractivity contribution in [1.82, 2.24) is 0 Å². The van der Waals surface area contributed by atoms with Crippen molar-refractivity contribution >= 4 is 35.4 Å². The Balaban J connectivity index is 3.12. The molecular formula is C34H67O18P3. The second kappa shape index (κ2) is 27.8. The Morgan fingerprint density at radius 1 is 0.491 bits per heavy atom. The number of hydrogen-bond acceptors (Lipinski definition) is 12. The highest BCUT2D eigenvalue weighted by Gasteiger charge is 2.55. The van der Waals surface area contributed by atoms with Crippen LogP contribution in [0.4, 0.5) is 0 Å². The number of esters is 2. The van der Waals surface area contributed by atoms with Crippen LogP contribution >= 0.6 is 23.5 Å². The predicted octanol–water partition coefficient (Wildman–Crippen LogP) is 5.99. The molecule has 0 aromatic carbocycles. The molecule has 0 bridgehead atoms. The Morgan fingerprint density at radius 3 is 1.15 bits per heavy atom. The van der Waals surface area contributed by atoms with Crippen molar-refractivity contribution < 1.29 is 85.9 Å². The number of phosphoric ester groups is 3. The van der Waals surface area contributed by atoms with Crippen LogP contribution < -0.4 is 0 Å². The first kappa shape index (κ1) is 52.2. The number of carbonyl (C=O) groups is 2. The molecule has 0 saturated heterocycles. The van der Waals surface area contributed by atoms with Crippen LogP contribution in [0, 0.1) is 0 Å². The molecule has 55 heavy (non-hydrogen) atoms. The zero-order chi connectivity index (χ0) is 41.5. The lowest BCUT2D eigenvalue weighted by Crippen LogP contribution is -2.60. The van der Waals surface area contributed by atoms with E-state index in [1.54, 1.807) is 0 Å². The average Bonchev–Trinajstić information content (AvgIpc) is 3.04. The molecule has 1 aliphatic carbocycles. The molecule has 7 atom stereocenters. The number of aliphatic hydroxyl groups excluding tert-OH is 2. The summed E-state index contributed by atoms with van der Waals surface area (Å²) in [5, 5.41) is 21.1. The van der Waals surface area contributed by atoms with Gasteiger partial charge in [-0.2, -0.15) is 0 Å². The Labute approximate surface area is 325 Å². The normalized spacial score (nSPS) is 22.0. The summed E-state index contributed by atoms with van der Waals surface area (Å²) in [6, 6.07) is 0. The van der Waals surface area contributed by atoms with E-state index >= 15 is 0 Å². The van der Waals surface area contributed by atoms with E-state index in [1.165, 1.54) is 25.7 Å². The van der Waals surface area contributed by atoms with Gasteiger partial charge >= 0.3 is 35.4 Å². The lowest BCUT2D eigenvalue weighted by atomic mass is 9.87. The number of rotatable bonds is 32. The van der Waals surface area contributed by atoms with Crippen molar-refractivity contribution in [3.05, 3.63) is 0 Å². The van der Waals surface area contributed by atoms with Crippen LogP contribution in [0.2, 0.25) is 0 Å². The van der Waals surface area contributed by atoms with E-state index in [9.17, 15) is 62.9 Å². The second-order valence-corrected chi connectivity index (χ2v) is 18.0. The smallest absolute Gasteiger partial charge is 0.455 e. The monoisotopic (exact) mass is 856 g/mol. The molecule has 0 spiro atoms. The van der Waals surface area contributed by atoms with Gasteiger partial charge in [0.15, 0.2) is 12.2 Å². The Bertz CT molecular complexity index is 1210. The van der Waals surface area contributed by atoms with Crippen LogP contribution in [0.15, 0.2) is 0 Å². The maximum atomic E-state index is 13.1. The van der Waals surface area contributed by atoms with Crippen molar-refractivity contribution in [3.63, 3.8) is 0 Å². The van der Waals surface area contributed by atoms with Crippen molar-refractivity contribution in [2.75, 3.05) is 0 Å². The third-order valence-corrected chi connectivity index (χ3v) is 10.9. The molecule has 0 radical (unpaired) electrons. The van der Waals surface area contributed by atoms with E-state index < -0.39 is 97.4 Å². The molecule has 18 nitrogen and oxygen atoms in total. The predicted molar refractivity (Wildman–Crippen MR) is 200 cm³/mol. The summed E-state index contributed by atoms with van der Waals surface area (Å²) in [6.45, 7) is 4.28. The molecule has 0 aromatic heterocycles. The van der Waals surface area contributed by atoms with Crippen molar-refractivity contribution in [1.29, 1.82) is 0 Å². The number of unbranched alkanes of at least 4 members (excludes halogenated alkanes) is 16. The summed E-state index contributed by atoms with van der Waals surface area (Å²) in [6.07, 6.45) is 2.96. The number of carbonyl (C=O) groups excluding carboxylic acids is 2. The summed E-state index contributed by atoms with van der Waals surface area (Å²) in [5.41, 5.74) is 0. The van der Waals surface area contributed by atoms with Crippen molar-refractivity contribution in [2.24, 2.45) is 0 Å². The third-order valence-electron chi connectivity index (χ3n) is 9.27. The minimum absolute atomic E-state index is 0.182.